The Kier molecular flexibility index (Phi) is 4.43. The minimum Gasteiger partial charge on any atom is -0.396 e. The highest BCUT2D eigenvalue weighted by molar-refractivity contribution is 7.99. The quantitative estimate of drug-likeness (QED) is 0.602. The number of thioether (sulfide) groups is 1. The number of aliphatic hydroxyl groups is 1. The number of rotatable bonds is 4. The molecule has 4 heteroatoms. The molecule has 1 aromatic rings. The fraction of sp³-hybridized carbons (Fsp3) is 0.375. The van der Waals surface area contributed by atoms with E-state index in [2.05, 4.69) is 4.98 Å². The van der Waals surface area contributed by atoms with Crippen molar-refractivity contribution in [2.45, 2.75) is 11.3 Å². The first kappa shape index (κ1) is 9.84. The molecule has 0 aliphatic heterocycles. The zero-order chi connectivity index (χ0) is 8.81. The van der Waals surface area contributed by atoms with E-state index >= 15 is 0 Å². The van der Waals surface area contributed by atoms with Gasteiger partial charge in [-0.15, -0.1) is 11.8 Å². The van der Waals surface area contributed by atoms with Crippen LogP contribution in [0.15, 0.2) is 23.4 Å². The van der Waals surface area contributed by atoms with Crippen LogP contribution in [-0.4, -0.2) is 22.5 Å². The summed E-state index contributed by atoms with van der Waals surface area (Å²) in [5.74, 6) is 0.889. The second-order valence-corrected chi connectivity index (χ2v) is 3.78. The first-order chi connectivity index (χ1) is 5.84. The molecule has 0 saturated carbocycles. The first-order valence-electron chi connectivity index (χ1n) is 3.68. The van der Waals surface area contributed by atoms with Crippen LogP contribution in [0.5, 0.6) is 0 Å². The number of aliphatic hydroxyl groups excluding tert-OH is 1. The van der Waals surface area contributed by atoms with Crippen molar-refractivity contribution in [3.05, 3.63) is 23.5 Å². The monoisotopic (exact) mass is 203 g/mol. The number of aromatic nitrogens is 1. The van der Waals surface area contributed by atoms with Crippen LogP contribution in [-0.2, 0) is 0 Å². The molecule has 0 aliphatic carbocycles. The van der Waals surface area contributed by atoms with Gasteiger partial charge < -0.3 is 5.11 Å². The molecule has 0 bridgehead atoms. The van der Waals surface area contributed by atoms with Gasteiger partial charge in [-0.25, -0.2) is 0 Å². The van der Waals surface area contributed by atoms with E-state index in [4.69, 9.17) is 16.7 Å². The smallest absolute Gasteiger partial charge is 0.0725 e. The maximum absolute atomic E-state index is 8.55. The van der Waals surface area contributed by atoms with E-state index in [1.54, 1.807) is 24.2 Å². The van der Waals surface area contributed by atoms with Crippen LogP contribution in [0.1, 0.15) is 6.42 Å². The molecule has 1 rings (SSSR count). The third kappa shape index (κ3) is 3.01. The molecule has 12 heavy (non-hydrogen) atoms. The van der Waals surface area contributed by atoms with E-state index in [1.165, 1.54) is 0 Å². The van der Waals surface area contributed by atoms with E-state index in [0.717, 1.165) is 17.1 Å². The zero-order valence-electron chi connectivity index (χ0n) is 6.53. The molecule has 0 aliphatic rings. The molecule has 0 radical (unpaired) electrons. The van der Waals surface area contributed by atoms with Crippen LogP contribution in [0, 0.1) is 0 Å². The molecule has 0 amide bonds. The Bertz CT molecular complexity index is 244. The van der Waals surface area contributed by atoms with Gasteiger partial charge in [0.2, 0.25) is 0 Å². The van der Waals surface area contributed by atoms with Crippen LogP contribution < -0.4 is 0 Å². The topological polar surface area (TPSA) is 33.1 Å². The lowest BCUT2D eigenvalue weighted by atomic mass is 10.5. The van der Waals surface area contributed by atoms with Crippen LogP contribution in [0.2, 0.25) is 5.02 Å². The fourth-order valence-electron chi connectivity index (χ4n) is 0.726. The summed E-state index contributed by atoms with van der Waals surface area (Å²) < 4.78 is 0. The van der Waals surface area contributed by atoms with Gasteiger partial charge in [-0.05, 0) is 12.5 Å². The second kappa shape index (κ2) is 5.41. The molecular formula is C8H10ClNOS. The van der Waals surface area contributed by atoms with Gasteiger partial charge in [-0.1, -0.05) is 11.6 Å². The van der Waals surface area contributed by atoms with Gasteiger partial charge >= 0.3 is 0 Å². The van der Waals surface area contributed by atoms with E-state index in [9.17, 15) is 0 Å². The third-order valence-corrected chi connectivity index (χ3v) is 2.87. The van der Waals surface area contributed by atoms with Gasteiger partial charge in [0.15, 0.2) is 0 Å². The van der Waals surface area contributed by atoms with Crippen molar-refractivity contribution in [3.63, 3.8) is 0 Å². The molecular weight excluding hydrogens is 194 g/mol. The summed E-state index contributed by atoms with van der Waals surface area (Å²) in [6, 6.07) is 1.88. The highest BCUT2D eigenvalue weighted by atomic mass is 35.5. The normalized spacial score (nSPS) is 10.2. The van der Waals surface area contributed by atoms with Crippen molar-refractivity contribution in [1.29, 1.82) is 0 Å². The van der Waals surface area contributed by atoms with Crippen molar-refractivity contribution >= 4 is 23.4 Å². The maximum atomic E-state index is 8.55. The zero-order valence-corrected chi connectivity index (χ0v) is 8.11. The average molecular weight is 204 g/mol. The van der Waals surface area contributed by atoms with Crippen LogP contribution in [0.4, 0.5) is 0 Å². The first-order valence-corrected chi connectivity index (χ1v) is 5.04. The third-order valence-electron chi connectivity index (χ3n) is 1.30. The van der Waals surface area contributed by atoms with Gasteiger partial charge in [-0.3, -0.25) is 4.98 Å². The van der Waals surface area contributed by atoms with Crippen molar-refractivity contribution < 1.29 is 5.11 Å². The predicted octanol–water partition coefficient (Wildman–Crippen LogP) is 2.21. The molecule has 0 unspecified atom stereocenters. The molecule has 0 fully saturated rings. The molecule has 0 atom stereocenters. The largest absolute Gasteiger partial charge is 0.396 e. The van der Waals surface area contributed by atoms with Crippen LogP contribution in [0.3, 0.4) is 0 Å². The SMILES string of the molecule is OCCCSc1ccncc1Cl. The molecule has 1 heterocycles. The number of halogens is 1. The lowest BCUT2D eigenvalue weighted by Crippen LogP contribution is -1.86. The lowest BCUT2D eigenvalue weighted by Gasteiger charge is -2.00. The van der Waals surface area contributed by atoms with E-state index < -0.39 is 0 Å². The van der Waals surface area contributed by atoms with Crippen molar-refractivity contribution in [3.8, 4) is 0 Å². The van der Waals surface area contributed by atoms with E-state index in [-0.39, 0.29) is 6.61 Å². The molecule has 0 aromatic carbocycles. The summed E-state index contributed by atoms with van der Waals surface area (Å²) in [7, 11) is 0. The minimum atomic E-state index is 0.232. The molecule has 1 aromatic heterocycles. The Balaban J connectivity index is 2.46. The number of hydrogen-bond donors (Lipinski definition) is 1. The Morgan fingerprint density at radius 2 is 2.42 bits per heavy atom. The summed E-state index contributed by atoms with van der Waals surface area (Å²) in [6.45, 7) is 0.232. The Morgan fingerprint density at radius 1 is 1.58 bits per heavy atom. The van der Waals surface area contributed by atoms with Crippen LogP contribution >= 0.6 is 23.4 Å². The number of hydrogen-bond acceptors (Lipinski definition) is 3. The summed E-state index contributed by atoms with van der Waals surface area (Å²) >= 11 is 7.50. The average Bonchev–Trinajstić information content (AvgIpc) is 2.09. The lowest BCUT2D eigenvalue weighted by molar-refractivity contribution is 0.296. The molecule has 1 N–H and O–H groups in total. The van der Waals surface area contributed by atoms with Gasteiger partial charge in [0, 0.05) is 29.6 Å². The van der Waals surface area contributed by atoms with Gasteiger partial charge in [0.25, 0.3) is 0 Å². The molecule has 66 valence electrons. The summed E-state index contributed by atoms with van der Waals surface area (Å²) in [4.78, 5) is 4.91. The van der Waals surface area contributed by atoms with Crippen molar-refractivity contribution in [1.82, 2.24) is 4.98 Å². The van der Waals surface area contributed by atoms with Gasteiger partial charge in [0.05, 0.1) is 5.02 Å². The summed E-state index contributed by atoms with van der Waals surface area (Å²) in [5, 5.41) is 9.24. The highest BCUT2D eigenvalue weighted by Crippen LogP contribution is 2.25. The predicted molar refractivity (Wildman–Crippen MR) is 51.7 cm³/mol. The molecule has 0 spiro atoms. The molecule has 0 saturated heterocycles. The van der Waals surface area contributed by atoms with E-state index in [0.29, 0.717) is 5.02 Å². The second-order valence-electron chi connectivity index (χ2n) is 2.23. The van der Waals surface area contributed by atoms with Crippen LogP contribution in [0.25, 0.3) is 0 Å². The summed E-state index contributed by atoms with van der Waals surface area (Å²) in [5.41, 5.74) is 0. The Hall–Kier alpha value is -0.250. The molecule has 2 nitrogen and oxygen atoms in total. The fourth-order valence-corrected chi connectivity index (χ4v) is 1.85. The maximum Gasteiger partial charge on any atom is 0.0725 e. The summed E-state index contributed by atoms with van der Waals surface area (Å²) in [6.07, 6.45) is 4.14. The van der Waals surface area contributed by atoms with Crippen molar-refractivity contribution in [2.75, 3.05) is 12.4 Å². The Morgan fingerprint density at radius 3 is 3.08 bits per heavy atom. The number of nitrogens with zero attached hydrogens (tertiary/aromatic N) is 1. The Labute approximate surface area is 81.0 Å². The van der Waals surface area contributed by atoms with Gasteiger partial charge in [-0.2, -0.15) is 0 Å². The number of pyridine rings is 1. The standard InChI is InChI=1S/C8H10ClNOS/c9-7-6-10-3-2-8(7)12-5-1-4-11/h2-3,6,11H,1,4-5H2. The minimum absolute atomic E-state index is 0.232. The van der Waals surface area contributed by atoms with E-state index in [1.807, 2.05) is 6.07 Å². The van der Waals surface area contributed by atoms with Gasteiger partial charge in [0.1, 0.15) is 0 Å². The van der Waals surface area contributed by atoms with Crippen molar-refractivity contribution in [2.24, 2.45) is 0 Å². The highest BCUT2D eigenvalue weighted by Gasteiger charge is 1.98.